The van der Waals surface area contributed by atoms with E-state index >= 15 is 0 Å². The third kappa shape index (κ3) is 2.57. The van der Waals surface area contributed by atoms with E-state index < -0.39 is 0 Å². The quantitative estimate of drug-likeness (QED) is 0.594. The fourth-order valence-electron chi connectivity index (χ4n) is 3.03. The summed E-state index contributed by atoms with van der Waals surface area (Å²) in [6.45, 7) is 2.10. The maximum atomic E-state index is 13.9. The molecule has 1 aliphatic rings. The fourth-order valence-corrected chi connectivity index (χ4v) is 3.03. The van der Waals surface area contributed by atoms with Gasteiger partial charge in [-0.3, -0.25) is 4.99 Å². The van der Waals surface area contributed by atoms with Gasteiger partial charge in [0.25, 0.3) is 0 Å². The topological polar surface area (TPSA) is 12.4 Å². The molecule has 0 unspecified atom stereocenters. The summed E-state index contributed by atoms with van der Waals surface area (Å²) >= 11 is 0. The van der Waals surface area contributed by atoms with Crippen LogP contribution in [0.1, 0.15) is 16.7 Å². The molecule has 0 saturated carbocycles. The molecule has 0 fully saturated rings. The molecule has 0 amide bonds. The summed E-state index contributed by atoms with van der Waals surface area (Å²) in [5, 5.41) is 0. The highest BCUT2D eigenvalue weighted by Crippen LogP contribution is 2.30. The van der Waals surface area contributed by atoms with Crippen LogP contribution < -0.4 is 0 Å². The molecule has 0 bridgehead atoms. The van der Waals surface area contributed by atoms with E-state index in [1.54, 1.807) is 12.1 Å². The number of rotatable bonds is 2. The van der Waals surface area contributed by atoms with Crippen molar-refractivity contribution in [2.45, 2.75) is 13.3 Å². The Morgan fingerprint density at radius 2 is 1.61 bits per heavy atom. The van der Waals surface area contributed by atoms with E-state index in [0.717, 1.165) is 28.9 Å². The van der Waals surface area contributed by atoms with Crippen LogP contribution in [0.3, 0.4) is 0 Å². The summed E-state index contributed by atoms with van der Waals surface area (Å²) in [5.41, 5.74) is 7.28. The van der Waals surface area contributed by atoms with Gasteiger partial charge in [-0.15, -0.1) is 0 Å². The first-order chi connectivity index (χ1) is 11.2. The Morgan fingerprint density at radius 1 is 0.870 bits per heavy atom. The van der Waals surface area contributed by atoms with Crippen molar-refractivity contribution < 1.29 is 4.39 Å². The first-order valence-corrected chi connectivity index (χ1v) is 7.73. The van der Waals surface area contributed by atoms with Gasteiger partial charge >= 0.3 is 0 Å². The van der Waals surface area contributed by atoms with Crippen molar-refractivity contribution in [3.05, 3.63) is 89.2 Å². The zero-order valence-electron chi connectivity index (χ0n) is 12.9. The van der Waals surface area contributed by atoms with Gasteiger partial charge in [-0.05, 0) is 35.7 Å². The fraction of sp³-hybridized carbons (Fsp3) is 0.0952. The van der Waals surface area contributed by atoms with Crippen molar-refractivity contribution in [1.82, 2.24) is 0 Å². The first-order valence-electron chi connectivity index (χ1n) is 7.73. The Morgan fingerprint density at radius 3 is 2.39 bits per heavy atom. The lowest BCUT2D eigenvalue weighted by molar-refractivity contribution is 0.631. The molecule has 23 heavy (non-hydrogen) atoms. The molecule has 112 valence electrons. The zero-order chi connectivity index (χ0) is 15.8. The highest BCUT2D eigenvalue weighted by atomic mass is 19.1. The van der Waals surface area contributed by atoms with Crippen LogP contribution in [0.15, 0.2) is 71.7 Å². The molecule has 0 aliphatic carbocycles. The number of hydrogen-bond donors (Lipinski definition) is 0. The van der Waals surface area contributed by atoms with E-state index in [9.17, 15) is 4.39 Å². The number of fused-ring (bicyclic) bond motifs is 1. The molecule has 0 spiro atoms. The Labute approximate surface area is 135 Å². The average molecular weight is 301 g/mol. The normalized spacial score (nSPS) is 12.9. The van der Waals surface area contributed by atoms with Gasteiger partial charge in [0.1, 0.15) is 5.82 Å². The minimum atomic E-state index is -0.193. The molecule has 4 rings (SSSR count). The Kier molecular flexibility index (Phi) is 3.30. The molecule has 1 heterocycles. The van der Waals surface area contributed by atoms with Gasteiger partial charge in [-0.1, -0.05) is 60.2 Å². The van der Waals surface area contributed by atoms with Crippen molar-refractivity contribution in [3.63, 3.8) is 0 Å². The number of benzene rings is 3. The SMILES string of the molecule is Cc1ccc2c(c1)CC(c1ccc(-c3ccccc3F)cc1)=N2. The highest BCUT2D eigenvalue weighted by molar-refractivity contribution is 6.06. The zero-order valence-corrected chi connectivity index (χ0v) is 12.9. The molecule has 1 aliphatic heterocycles. The molecule has 0 saturated heterocycles. The van der Waals surface area contributed by atoms with Crippen molar-refractivity contribution >= 4 is 11.4 Å². The first kappa shape index (κ1) is 13.9. The van der Waals surface area contributed by atoms with Crippen molar-refractivity contribution in [3.8, 4) is 11.1 Å². The summed E-state index contributed by atoms with van der Waals surface area (Å²) in [7, 11) is 0. The maximum Gasteiger partial charge on any atom is 0.131 e. The van der Waals surface area contributed by atoms with Crippen LogP contribution in [-0.2, 0) is 6.42 Å². The number of halogens is 1. The van der Waals surface area contributed by atoms with E-state index in [2.05, 4.69) is 25.1 Å². The second-order valence-corrected chi connectivity index (χ2v) is 5.92. The van der Waals surface area contributed by atoms with E-state index in [1.807, 2.05) is 30.3 Å². The number of aliphatic imine (C=N–C) groups is 1. The Bertz CT molecular complexity index is 907. The van der Waals surface area contributed by atoms with Gasteiger partial charge in [0.05, 0.1) is 11.4 Å². The minimum absolute atomic E-state index is 0.193. The van der Waals surface area contributed by atoms with Gasteiger partial charge in [0.2, 0.25) is 0 Å². The summed E-state index contributed by atoms with van der Waals surface area (Å²) in [6, 6.07) is 21.2. The lowest BCUT2D eigenvalue weighted by Crippen LogP contribution is -2.00. The molecule has 0 N–H and O–H groups in total. The largest absolute Gasteiger partial charge is 0.252 e. The van der Waals surface area contributed by atoms with E-state index in [4.69, 9.17) is 4.99 Å². The monoisotopic (exact) mass is 301 g/mol. The molecule has 3 aromatic carbocycles. The summed E-state index contributed by atoms with van der Waals surface area (Å²) in [4.78, 5) is 4.73. The second-order valence-electron chi connectivity index (χ2n) is 5.92. The van der Waals surface area contributed by atoms with E-state index in [-0.39, 0.29) is 5.82 Å². The lowest BCUT2D eigenvalue weighted by atomic mass is 9.99. The van der Waals surface area contributed by atoms with E-state index in [0.29, 0.717) is 5.56 Å². The second kappa shape index (κ2) is 5.47. The van der Waals surface area contributed by atoms with Crippen LogP contribution in [0, 0.1) is 12.7 Å². The van der Waals surface area contributed by atoms with Crippen molar-refractivity contribution in [2.24, 2.45) is 4.99 Å². The van der Waals surface area contributed by atoms with Gasteiger partial charge in [0, 0.05) is 12.0 Å². The Balaban J connectivity index is 1.64. The predicted octanol–water partition coefficient (Wildman–Crippen LogP) is 5.48. The minimum Gasteiger partial charge on any atom is -0.252 e. The Hall–Kier alpha value is -2.74. The van der Waals surface area contributed by atoms with Crippen LogP contribution in [-0.4, -0.2) is 5.71 Å². The van der Waals surface area contributed by atoms with Crippen LogP contribution in [0.25, 0.3) is 11.1 Å². The molecule has 0 aromatic heterocycles. The summed E-state index contributed by atoms with van der Waals surface area (Å²) in [6.07, 6.45) is 0.857. The van der Waals surface area contributed by atoms with Crippen molar-refractivity contribution in [1.29, 1.82) is 0 Å². The molecule has 3 aromatic rings. The van der Waals surface area contributed by atoms with Crippen LogP contribution in [0.4, 0.5) is 10.1 Å². The van der Waals surface area contributed by atoms with Gasteiger partial charge in [-0.25, -0.2) is 4.39 Å². The molecular weight excluding hydrogens is 285 g/mol. The summed E-state index contributed by atoms with van der Waals surface area (Å²) in [5.74, 6) is -0.193. The van der Waals surface area contributed by atoms with E-state index in [1.165, 1.54) is 17.2 Å². The lowest BCUT2D eigenvalue weighted by Gasteiger charge is -2.05. The molecule has 1 nitrogen and oxygen atoms in total. The smallest absolute Gasteiger partial charge is 0.131 e. The highest BCUT2D eigenvalue weighted by Gasteiger charge is 2.16. The number of hydrogen-bond acceptors (Lipinski definition) is 1. The number of aryl methyl sites for hydroxylation is 1. The van der Waals surface area contributed by atoms with Crippen molar-refractivity contribution in [2.75, 3.05) is 0 Å². The van der Waals surface area contributed by atoms with Crippen LogP contribution >= 0.6 is 0 Å². The summed E-state index contributed by atoms with van der Waals surface area (Å²) < 4.78 is 13.9. The molecule has 0 radical (unpaired) electrons. The standard InChI is InChI=1S/C21H16FN/c1-14-6-11-20-17(12-14)13-21(23-20)16-9-7-15(8-10-16)18-4-2-3-5-19(18)22/h2-12H,13H2,1H3. The maximum absolute atomic E-state index is 13.9. The number of nitrogens with zero attached hydrogens (tertiary/aromatic N) is 1. The third-order valence-corrected chi connectivity index (χ3v) is 4.25. The third-order valence-electron chi connectivity index (χ3n) is 4.25. The van der Waals surface area contributed by atoms with Gasteiger partial charge in [-0.2, -0.15) is 0 Å². The molecule has 0 atom stereocenters. The predicted molar refractivity (Wildman–Crippen MR) is 92.9 cm³/mol. The van der Waals surface area contributed by atoms with Gasteiger partial charge < -0.3 is 0 Å². The van der Waals surface area contributed by atoms with Crippen LogP contribution in [0.2, 0.25) is 0 Å². The van der Waals surface area contributed by atoms with Gasteiger partial charge in [0.15, 0.2) is 0 Å². The average Bonchev–Trinajstić information content (AvgIpc) is 2.98. The van der Waals surface area contributed by atoms with Crippen LogP contribution in [0.5, 0.6) is 0 Å². The molecule has 2 heteroatoms. The molecular formula is C21H16FN.